The maximum absolute atomic E-state index is 6.42. The molecule has 0 aromatic heterocycles. The summed E-state index contributed by atoms with van der Waals surface area (Å²) in [5, 5.41) is 0.185. The van der Waals surface area contributed by atoms with Gasteiger partial charge in [0.05, 0.1) is 39.1 Å². The third-order valence-electron chi connectivity index (χ3n) is 6.04. The summed E-state index contributed by atoms with van der Waals surface area (Å²) in [5.74, 6) is 0.856. The highest BCUT2D eigenvalue weighted by Crippen LogP contribution is 2.38. The Morgan fingerprint density at radius 3 is 2.33 bits per heavy atom. The van der Waals surface area contributed by atoms with Crippen molar-refractivity contribution >= 4 is 8.32 Å². The second-order valence-corrected chi connectivity index (χ2v) is 13.9. The van der Waals surface area contributed by atoms with Crippen LogP contribution in [-0.4, -0.2) is 53.1 Å². The molecular formula is C21H34O5Si. The molecule has 0 saturated carbocycles. The van der Waals surface area contributed by atoms with Crippen molar-refractivity contribution in [1.29, 1.82) is 0 Å². The Bertz CT molecular complexity index is 606. The van der Waals surface area contributed by atoms with Crippen LogP contribution in [0.25, 0.3) is 0 Å². The van der Waals surface area contributed by atoms with Crippen molar-refractivity contribution in [2.24, 2.45) is 0 Å². The van der Waals surface area contributed by atoms with Gasteiger partial charge in [-0.25, -0.2) is 0 Å². The van der Waals surface area contributed by atoms with Crippen molar-refractivity contribution in [3.8, 4) is 5.75 Å². The molecule has 0 spiro atoms. The highest BCUT2D eigenvalue weighted by Gasteiger charge is 2.46. The van der Waals surface area contributed by atoms with E-state index in [4.69, 9.17) is 23.4 Å². The van der Waals surface area contributed by atoms with Crippen molar-refractivity contribution in [3.63, 3.8) is 0 Å². The second-order valence-electron chi connectivity index (χ2n) is 9.09. The molecule has 0 N–H and O–H groups in total. The lowest BCUT2D eigenvalue weighted by atomic mass is 10.1. The molecule has 27 heavy (non-hydrogen) atoms. The van der Waals surface area contributed by atoms with Crippen LogP contribution < -0.4 is 4.74 Å². The number of rotatable bonds is 8. The molecule has 1 aromatic rings. The van der Waals surface area contributed by atoms with Crippen molar-refractivity contribution in [1.82, 2.24) is 0 Å². The van der Waals surface area contributed by atoms with Crippen molar-refractivity contribution in [2.75, 3.05) is 20.3 Å². The summed E-state index contributed by atoms with van der Waals surface area (Å²) in [6, 6.07) is 8.00. The standard InChI is InChI=1S/C21H34O5Si/c1-21(2,3)27(5,6)25-14-20-17(11-18(26-20)19-13-24-19)23-12-15-7-9-16(22-4)10-8-15/h7-10,17-20H,11-14H2,1-6H3/t17-,18-,19-,20-/m0/s1. The fraction of sp³-hybridized carbons (Fsp3) is 0.714. The van der Waals surface area contributed by atoms with Gasteiger partial charge in [-0.1, -0.05) is 32.9 Å². The number of methoxy groups -OCH3 is 1. The molecule has 4 atom stereocenters. The number of hydrogen-bond donors (Lipinski definition) is 0. The Hall–Kier alpha value is -0.923. The molecule has 0 amide bonds. The Labute approximate surface area is 164 Å². The van der Waals surface area contributed by atoms with Crippen molar-refractivity contribution in [3.05, 3.63) is 29.8 Å². The molecule has 0 radical (unpaired) electrons. The molecule has 0 unspecified atom stereocenters. The highest BCUT2D eigenvalue weighted by molar-refractivity contribution is 6.74. The van der Waals surface area contributed by atoms with E-state index in [1.54, 1.807) is 7.11 Å². The molecule has 2 aliphatic heterocycles. The lowest BCUT2D eigenvalue weighted by Gasteiger charge is -2.37. The maximum Gasteiger partial charge on any atom is 0.192 e. The first kappa shape index (κ1) is 20.8. The number of benzene rings is 1. The monoisotopic (exact) mass is 394 g/mol. The van der Waals surface area contributed by atoms with E-state index in [1.165, 1.54) is 0 Å². The molecule has 2 heterocycles. The van der Waals surface area contributed by atoms with Gasteiger partial charge in [0.15, 0.2) is 8.32 Å². The highest BCUT2D eigenvalue weighted by atomic mass is 28.4. The summed E-state index contributed by atoms with van der Waals surface area (Å²) in [5.41, 5.74) is 1.13. The molecule has 3 rings (SSSR count). The van der Waals surface area contributed by atoms with Gasteiger partial charge in [0.25, 0.3) is 0 Å². The Kier molecular flexibility index (Phi) is 6.33. The van der Waals surface area contributed by atoms with E-state index in [1.807, 2.05) is 24.3 Å². The van der Waals surface area contributed by atoms with Gasteiger partial charge in [-0.15, -0.1) is 0 Å². The topological polar surface area (TPSA) is 49.5 Å². The zero-order valence-corrected chi connectivity index (χ0v) is 18.5. The zero-order chi connectivity index (χ0) is 19.7. The molecule has 2 aliphatic rings. The van der Waals surface area contributed by atoms with Gasteiger partial charge in [0, 0.05) is 6.42 Å². The third-order valence-corrected chi connectivity index (χ3v) is 10.5. The van der Waals surface area contributed by atoms with Crippen LogP contribution in [0.4, 0.5) is 0 Å². The largest absolute Gasteiger partial charge is 0.497 e. The van der Waals surface area contributed by atoms with Gasteiger partial charge in [0.2, 0.25) is 0 Å². The van der Waals surface area contributed by atoms with Crippen LogP contribution in [0.5, 0.6) is 5.75 Å². The third kappa shape index (κ3) is 5.33. The van der Waals surface area contributed by atoms with Gasteiger partial charge in [-0.2, -0.15) is 0 Å². The fourth-order valence-electron chi connectivity index (χ4n) is 3.01. The Morgan fingerprint density at radius 1 is 1.11 bits per heavy atom. The van der Waals surface area contributed by atoms with E-state index in [9.17, 15) is 0 Å². The minimum Gasteiger partial charge on any atom is -0.497 e. The predicted molar refractivity (Wildman–Crippen MR) is 108 cm³/mol. The summed E-state index contributed by atoms with van der Waals surface area (Å²) in [4.78, 5) is 0. The van der Waals surface area contributed by atoms with Crippen LogP contribution in [0.1, 0.15) is 32.8 Å². The van der Waals surface area contributed by atoms with Gasteiger partial charge >= 0.3 is 0 Å². The molecule has 0 aliphatic carbocycles. The van der Waals surface area contributed by atoms with E-state index in [2.05, 4.69) is 33.9 Å². The molecule has 152 valence electrons. The first-order valence-electron chi connectivity index (χ1n) is 9.85. The average Bonchev–Trinajstić information content (AvgIpc) is 3.39. The summed E-state index contributed by atoms with van der Waals surface area (Å²) >= 11 is 0. The Balaban J connectivity index is 1.58. The van der Waals surface area contributed by atoms with Crippen LogP contribution in [0.2, 0.25) is 18.1 Å². The second kappa shape index (κ2) is 8.21. The molecule has 2 saturated heterocycles. The molecule has 6 heteroatoms. The molecule has 0 bridgehead atoms. The molecule has 2 fully saturated rings. The van der Waals surface area contributed by atoms with E-state index in [-0.39, 0.29) is 29.5 Å². The molecule has 1 aromatic carbocycles. The lowest BCUT2D eigenvalue weighted by Crippen LogP contribution is -2.44. The van der Waals surface area contributed by atoms with Gasteiger partial charge in [-0.05, 0) is 35.8 Å². The smallest absolute Gasteiger partial charge is 0.192 e. The maximum atomic E-state index is 6.42. The summed E-state index contributed by atoms with van der Waals surface area (Å²) < 4.78 is 29.6. The summed E-state index contributed by atoms with van der Waals surface area (Å²) in [6.07, 6.45) is 1.22. The number of epoxide rings is 1. The van der Waals surface area contributed by atoms with Crippen LogP contribution in [-0.2, 0) is 25.2 Å². The first-order valence-corrected chi connectivity index (χ1v) is 12.8. The van der Waals surface area contributed by atoms with Crippen LogP contribution in [0, 0.1) is 0 Å². The molecule has 5 nitrogen and oxygen atoms in total. The normalized spacial score (nSPS) is 28.4. The molecular weight excluding hydrogens is 360 g/mol. The summed E-state index contributed by atoms with van der Waals surface area (Å²) in [6.45, 7) is 13.3. The first-order chi connectivity index (χ1) is 12.7. The van der Waals surface area contributed by atoms with Crippen LogP contribution >= 0.6 is 0 Å². The fourth-order valence-corrected chi connectivity index (χ4v) is 4.03. The van der Waals surface area contributed by atoms with Crippen LogP contribution in [0.15, 0.2) is 24.3 Å². The van der Waals surface area contributed by atoms with E-state index < -0.39 is 8.32 Å². The lowest BCUT2D eigenvalue weighted by molar-refractivity contribution is -0.0526. The quantitative estimate of drug-likeness (QED) is 0.489. The van der Waals surface area contributed by atoms with Gasteiger partial charge in [0.1, 0.15) is 18.0 Å². The van der Waals surface area contributed by atoms with Gasteiger partial charge in [-0.3, -0.25) is 0 Å². The van der Waals surface area contributed by atoms with Crippen LogP contribution in [0.3, 0.4) is 0 Å². The summed E-state index contributed by atoms with van der Waals surface area (Å²) in [7, 11) is -0.139. The minimum atomic E-state index is -1.81. The van der Waals surface area contributed by atoms with E-state index >= 15 is 0 Å². The Morgan fingerprint density at radius 2 is 1.78 bits per heavy atom. The van der Waals surface area contributed by atoms with Gasteiger partial charge < -0.3 is 23.4 Å². The van der Waals surface area contributed by atoms with E-state index in [0.717, 1.165) is 24.3 Å². The average molecular weight is 395 g/mol. The zero-order valence-electron chi connectivity index (χ0n) is 17.5. The number of hydrogen-bond acceptors (Lipinski definition) is 5. The minimum absolute atomic E-state index is 0.0334. The van der Waals surface area contributed by atoms with E-state index in [0.29, 0.717) is 13.2 Å². The predicted octanol–water partition coefficient (Wildman–Crippen LogP) is 4.16. The number of ether oxygens (including phenoxy) is 4. The van der Waals surface area contributed by atoms with Crippen molar-refractivity contribution < 1.29 is 23.4 Å². The van der Waals surface area contributed by atoms with Crippen molar-refractivity contribution in [2.45, 2.75) is 76.3 Å². The SMILES string of the molecule is COc1ccc(CO[C@H]2C[C@@H]([C@@H]3CO3)O[C@H]2CO[Si](C)(C)C(C)(C)C)cc1.